The van der Waals surface area contributed by atoms with E-state index in [1.165, 1.54) is 41.5 Å². The van der Waals surface area contributed by atoms with Gasteiger partial charge in [-0.15, -0.1) is 0 Å². The van der Waals surface area contributed by atoms with Crippen molar-refractivity contribution in [3.05, 3.63) is 0 Å². The van der Waals surface area contributed by atoms with E-state index in [1.807, 2.05) is 0 Å². The summed E-state index contributed by atoms with van der Waals surface area (Å²) < 4.78 is 78.5. The van der Waals surface area contributed by atoms with Crippen LogP contribution in [0.25, 0.3) is 0 Å². The van der Waals surface area contributed by atoms with E-state index in [0.717, 1.165) is 0 Å². The maximum atomic E-state index is 13.1. The van der Waals surface area contributed by atoms with Crippen molar-refractivity contribution in [2.45, 2.75) is 133 Å². The largest absolute Gasteiger partial charge is 0.387 e. The lowest BCUT2D eigenvalue weighted by Gasteiger charge is -2.42. The molecule has 12 heteroatoms. The second kappa shape index (κ2) is 10.8. The summed E-state index contributed by atoms with van der Waals surface area (Å²) in [5.74, 6) is -12.1. The van der Waals surface area contributed by atoms with Gasteiger partial charge in [0.15, 0.2) is 0 Å². The Balaban J connectivity index is 0.000000270. The van der Waals surface area contributed by atoms with E-state index >= 15 is 0 Å². The normalized spacial score (nSPS) is 47.5. The molecule has 0 radical (unpaired) electrons. The molecule has 3 fully saturated rings. The monoisotopic (exact) mass is 540 g/mol. The molecule has 0 aromatic carbocycles. The Hall–Kier alpha value is -0.660. The molecule has 3 aliphatic rings. The van der Waals surface area contributed by atoms with Gasteiger partial charge in [-0.25, -0.2) is 26.3 Å². The number of rotatable bonds is 0. The number of hydrogen-bond donors (Lipinski definition) is 6. The van der Waals surface area contributed by atoms with Gasteiger partial charge in [0.1, 0.15) is 18.3 Å². The minimum Gasteiger partial charge on any atom is -0.387 e. The Labute approximate surface area is 208 Å². The van der Waals surface area contributed by atoms with Crippen molar-refractivity contribution in [2.24, 2.45) is 17.8 Å². The van der Waals surface area contributed by atoms with Gasteiger partial charge < -0.3 is 30.6 Å². The molecule has 3 saturated carbocycles. The second-order valence-corrected chi connectivity index (χ2v) is 11.6. The predicted octanol–water partition coefficient (Wildman–Crippen LogP) is 3.49. The van der Waals surface area contributed by atoms with Crippen LogP contribution in [0.5, 0.6) is 0 Å². The first-order chi connectivity index (χ1) is 15.8. The lowest BCUT2D eigenvalue weighted by Crippen LogP contribution is -2.57. The third-order valence-corrected chi connectivity index (χ3v) is 8.08. The molecule has 0 aromatic heterocycles. The fraction of sp³-hybridized carbons (Fsp3) is 1.00. The van der Waals surface area contributed by atoms with Crippen LogP contribution < -0.4 is 0 Å². The molecule has 0 aromatic rings. The molecule has 3 aliphatic carbocycles. The first kappa shape index (κ1) is 33.4. The Morgan fingerprint density at radius 1 is 0.472 bits per heavy atom. The zero-order chi connectivity index (χ0) is 28.7. The summed E-state index contributed by atoms with van der Waals surface area (Å²) in [7, 11) is 0. The number of hydrogen-bond acceptors (Lipinski definition) is 6. The highest BCUT2D eigenvalue weighted by Crippen LogP contribution is 2.44. The summed E-state index contributed by atoms with van der Waals surface area (Å²) in [6.45, 7) is 7.90. The van der Waals surface area contributed by atoms with E-state index in [2.05, 4.69) is 0 Å². The average molecular weight is 541 g/mol. The quantitative estimate of drug-likeness (QED) is 0.262. The van der Waals surface area contributed by atoms with E-state index in [1.54, 1.807) is 0 Å². The van der Waals surface area contributed by atoms with Crippen LogP contribution in [0.4, 0.5) is 26.3 Å². The second-order valence-electron chi connectivity index (χ2n) is 11.6. The van der Waals surface area contributed by atoms with Crippen molar-refractivity contribution in [3.63, 3.8) is 0 Å². The van der Waals surface area contributed by atoms with Crippen molar-refractivity contribution in [3.8, 4) is 0 Å². The first-order valence-corrected chi connectivity index (χ1v) is 12.2. The predicted molar refractivity (Wildman–Crippen MR) is 120 cm³/mol. The molecule has 0 amide bonds. The topological polar surface area (TPSA) is 121 Å². The van der Waals surface area contributed by atoms with Crippen LogP contribution in [0, 0.1) is 17.8 Å². The van der Waals surface area contributed by atoms with Crippen LogP contribution in [0.15, 0.2) is 0 Å². The van der Waals surface area contributed by atoms with Crippen molar-refractivity contribution in [1.82, 2.24) is 0 Å². The van der Waals surface area contributed by atoms with E-state index < -0.39 is 70.6 Å². The summed E-state index contributed by atoms with van der Waals surface area (Å²) >= 11 is 0. The van der Waals surface area contributed by atoms with Crippen LogP contribution in [-0.2, 0) is 0 Å². The van der Waals surface area contributed by atoms with Crippen LogP contribution in [-0.4, -0.2) is 83.5 Å². The molecular weight excluding hydrogens is 498 g/mol. The van der Waals surface area contributed by atoms with Gasteiger partial charge in [0.05, 0.1) is 16.8 Å². The highest BCUT2D eigenvalue weighted by Gasteiger charge is 2.57. The molecule has 36 heavy (non-hydrogen) atoms. The summed E-state index contributed by atoms with van der Waals surface area (Å²) in [4.78, 5) is 0. The van der Waals surface area contributed by atoms with E-state index in [-0.39, 0.29) is 38.5 Å². The SMILES string of the molecule is C[C@@H]1CC[C@@](C)(O)[C@H](O)C1(F)F.C[C@@H]1CC[C@@](C)(O)[C@H](O)C1(F)F.C[C@H]1CC[C@](C)(O)[C@@H](O)C1(F)F. The van der Waals surface area contributed by atoms with Gasteiger partial charge in [-0.05, 0) is 59.3 Å². The molecule has 0 bridgehead atoms. The lowest BCUT2D eigenvalue weighted by molar-refractivity contribution is -0.235. The van der Waals surface area contributed by atoms with Gasteiger partial charge in [-0.3, -0.25) is 0 Å². The van der Waals surface area contributed by atoms with Gasteiger partial charge >= 0.3 is 0 Å². The van der Waals surface area contributed by atoms with Crippen molar-refractivity contribution in [2.75, 3.05) is 0 Å². The molecule has 0 aliphatic heterocycles. The maximum Gasteiger partial charge on any atom is 0.278 e. The van der Waals surface area contributed by atoms with Crippen molar-refractivity contribution < 1.29 is 57.0 Å². The first-order valence-electron chi connectivity index (χ1n) is 12.2. The lowest BCUT2D eigenvalue weighted by atomic mass is 9.75. The fourth-order valence-electron chi connectivity index (χ4n) is 4.57. The third-order valence-electron chi connectivity index (χ3n) is 8.08. The van der Waals surface area contributed by atoms with Crippen molar-refractivity contribution >= 4 is 0 Å². The average Bonchev–Trinajstić information content (AvgIpc) is 2.75. The van der Waals surface area contributed by atoms with E-state index in [0.29, 0.717) is 0 Å². The van der Waals surface area contributed by atoms with Gasteiger partial charge in [0.2, 0.25) is 0 Å². The molecule has 9 atom stereocenters. The molecular formula is C24H42F6O6. The van der Waals surface area contributed by atoms with Crippen LogP contribution >= 0.6 is 0 Å². The molecule has 3 rings (SSSR count). The zero-order valence-corrected chi connectivity index (χ0v) is 21.7. The molecule has 0 saturated heterocycles. The number of halogens is 6. The number of aliphatic hydroxyl groups excluding tert-OH is 3. The highest BCUT2D eigenvalue weighted by molar-refractivity contribution is 5.00. The highest BCUT2D eigenvalue weighted by atomic mass is 19.3. The van der Waals surface area contributed by atoms with Gasteiger partial charge in [-0.1, -0.05) is 20.8 Å². The summed E-state index contributed by atoms with van der Waals surface area (Å²) in [6.07, 6.45) is -4.39. The van der Waals surface area contributed by atoms with Crippen molar-refractivity contribution in [1.29, 1.82) is 0 Å². The third kappa shape index (κ3) is 6.85. The van der Waals surface area contributed by atoms with Crippen LogP contribution in [0.2, 0.25) is 0 Å². The maximum absolute atomic E-state index is 13.1. The molecule has 6 nitrogen and oxygen atoms in total. The minimum atomic E-state index is -3.16. The fourth-order valence-corrected chi connectivity index (χ4v) is 4.57. The molecule has 0 unspecified atom stereocenters. The van der Waals surface area contributed by atoms with E-state index in [9.17, 15) is 41.7 Å². The molecule has 0 spiro atoms. The smallest absolute Gasteiger partial charge is 0.278 e. The molecule has 0 heterocycles. The summed E-state index contributed by atoms with van der Waals surface area (Å²) in [5.41, 5.74) is -4.93. The molecule has 216 valence electrons. The zero-order valence-electron chi connectivity index (χ0n) is 21.7. The summed E-state index contributed by atoms with van der Waals surface area (Å²) in [6, 6.07) is 0. The number of aliphatic hydroxyl groups is 6. The van der Waals surface area contributed by atoms with Gasteiger partial charge in [0.25, 0.3) is 17.8 Å². The Morgan fingerprint density at radius 2 is 0.639 bits per heavy atom. The molecule has 6 N–H and O–H groups in total. The Kier molecular flexibility index (Phi) is 10.0. The standard InChI is InChI=1S/3C8H14F2O2/c3*1-5-3-4-7(2,12)6(11)8(5,9)10/h3*5-6,11-12H,3-4H2,1-2H3/t3*5-,6+,7-/m110/s1. The Bertz CT molecular complexity index is 635. The van der Waals surface area contributed by atoms with Crippen LogP contribution in [0.1, 0.15) is 80.1 Å². The summed E-state index contributed by atoms with van der Waals surface area (Å²) in [5, 5.41) is 55.5. The number of alkyl halides is 6. The Morgan fingerprint density at radius 3 is 0.778 bits per heavy atom. The van der Waals surface area contributed by atoms with Gasteiger partial charge in [-0.2, -0.15) is 0 Å². The van der Waals surface area contributed by atoms with Crippen LogP contribution in [0.3, 0.4) is 0 Å². The van der Waals surface area contributed by atoms with Gasteiger partial charge in [0, 0.05) is 17.8 Å². The minimum absolute atomic E-state index is 0.227. The van der Waals surface area contributed by atoms with E-state index in [4.69, 9.17) is 15.3 Å².